The smallest absolute Gasteiger partial charge is 0.257 e. The number of halogens is 1. The Kier molecular flexibility index (Phi) is 3.75. The molecule has 0 aliphatic heterocycles. The number of aromatic nitrogens is 2. The molecular formula is C12H13FN4OS. The number of nitrogens with zero attached hydrogens (tertiary/aromatic N) is 3. The van der Waals surface area contributed by atoms with Gasteiger partial charge in [-0.1, -0.05) is 0 Å². The SMILES string of the molecule is Cc1ncsc1CN(C)C(=O)c1cc(F)cnc1N. The first kappa shape index (κ1) is 13.4. The van der Waals surface area contributed by atoms with Crippen molar-refractivity contribution in [3.05, 3.63) is 39.7 Å². The molecule has 0 atom stereocenters. The van der Waals surface area contributed by atoms with Gasteiger partial charge in [-0.05, 0) is 13.0 Å². The number of nitrogen functional groups attached to an aromatic ring is 1. The van der Waals surface area contributed by atoms with Gasteiger partial charge in [-0.15, -0.1) is 11.3 Å². The van der Waals surface area contributed by atoms with Gasteiger partial charge in [-0.25, -0.2) is 14.4 Å². The number of hydrogen-bond donors (Lipinski definition) is 1. The lowest BCUT2D eigenvalue weighted by molar-refractivity contribution is 0.0786. The Hall–Kier alpha value is -2.02. The van der Waals surface area contributed by atoms with E-state index in [2.05, 4.69) is 9.97 Å². The summed E-state index contributed by atoms with van der Waals surface area (Å²) in [5.41, 5.74) is 8.28. The van der Waals surface area contributed by atoms with Crippen LogP contribution in [0.1, 0.15) is 20.9 Å². The molecule has 0 saturated carbocycles. The molecule has 0 aliphatic carbocycles. The molecule has 1 amide bonds. The summed E-state index contributed by atoms with van der Waals surface area (Å²) in [4.78, 5) is 22.4. The second-order valence-electron chi connectivity index (χ2n) is 4.11. The highest BCUT2D eigenvalue weighted by Crippen LogP contribution is 2.17. The quantitative estimate of drug-likeness (QED) is 0.931. The van der Waals surface area contributed by atoms with E-state index in [0.29, 0.717) is 6.54 Å². The van der Waals surface area contributed by atoms with Gasteiger partial charge in [0.1, 0.15) is 11.6 Å². The molecule has 2 rings (SSSR count). The first-order valence-corrected chi connectivity index (χ1v) is 6.42. The Morgan fingerprint density at radius 1 is 1.53 bits per heavy atom. The Morgan fingerprint density at radius 3 is 2.89 bits per heavy atom. The predicted octanol–water partition coefficient (Wildman–Crippen LogP) is 1.84. The summed E-state index contributed by atoms with van der Waals surface area (Å²) in [6.07, 6.45) is 0.986. The summed E-state index contributed by atoms with van der Waals surface area (Å²) in [5, 5.41) is 0. The van der Waals surface area contributed by atoms with Gasteiger partial charge in [-0.3, -0.25) is 4.79 Å². The molecule has 5 nitrogen and oxygen atoms in total. The van der Waals surface area contributed by atoms with E-state index in [1.165, 1.54) is 16.2 Å². The van der Waals surface area contributed by atoms with Gasteiger partial charge in [0.15, 0.2) is 0 Å². The number of amides is 1. The van der Waals surface area contributed by atoms with Gasteiger partial charge >= 0.3 is 0 Å². The monoisotopic (exact) mass is 280 g/mol. The van der Waals surface area contributed by atoms with Crippen LogP contribution in [-0.4, -0.2) is 27.8 Å². The molecule has 100 valence electrons. The highest BCUT2D eigenvalue weighted by atomic mass is 32.1. The summed E-state index contributed by atoms with van der Waals surface area (Å²) in [6, 6.07) is 1.10. The lowest BCUT2D eigenvalue weighted by atomic mass is 10.2. The molecule has 2 aromatic heterocycles. The molecule has 19 heavy (non-hydrogen) atoms. The zero-order chi connectivity index (χ0) is 14.0. The maximum absolute atomic E-state index is 13.1. The molecule has 0 fully saturated rings. The van der Waals surface area contributed by atoms with Crippen molar-refractivity contribution in [2.45, 2.75) is 13.5 Å². The van der Waals surface area contributed by atoms with Crippen LogP contribution in [0.5, 0.6) is 0 Å². The second-order valence-corrected chi connectivity index (χ2v) is 5.05. The van der Waals surface area contributed by atoms with Gasteiger partial charge in [0, 0.05) is 11.9 Å². The number of nitrogens with two attached hydrogens (primary N) is 1. The molecule has 0 spiro atoms. The Balaban J connectivity index is 2.19. The fraction of sp³-hybridized carbons (Fsp3) is 0.250. The van der Waals surface area contributed by atoms with Gasteiger partial charge in [0.05, 0.1) is 29.5 Å². The van der Waals surface area contributed by atoms with Gasteiger partial charge in [0.25, 0.3) is 5.91 Å². The topological polar surface area (TPSA) is 72.1 Å². The van der Waals surface area contributed by atoms with Crippen LogP contribution >= 0.6 is 11.3 Å². The van der Waals surface area contributed by atoms with E-state index in [1.54, 1.807) is 12.6 Å². The second kappa shape index (κ2) is 5.31. The normalized spacial score (nSPS) is 10.5. The van der Waals surface area contributed by atoms with Crippen molar-refractivity contribution in [2.24, 2.45) is 0 Å². The molecular weight excluding hydrogens is 267 g/mol. The maximum atomic E-state index is 13.1. The maximum Gasteiger partial charge on any atom is 0.257 e. The first-order chi connectivity index (χ1) is 8.99. The van der Waals surface area contributed by atoms with E-state index in [0.717, 1.165) is 22.8 Å². The van der Waals surface area contributed by atoms with Crippen molar-refractivity contribution >= 4 is 23.1 Å². The van der Waals surface area contributed by atoms with E-state index in [4.69, 9.17) is 5.73 Å². The molecule has 0 aliphatic rings. The minimum atomic E-state index is -0.583. The predicted molar refractivity (Wildman–Crippen MR) is 71.3 cm³/mol. The average molecular weight is 280 g/mol. The van der Waals surface area contributed by atoms with E-state index >= 15 is 0 Å². The Labute approximate surface area is 113 Å². The average Bonchev–Trinajstić information content (AvgIpc) is 2.77. The third kappa shape index (κ3) is 2.87. The van der Waals surface area contributed by atoms with Crippen molar-refractivity contribution in [1.29, 1.82) is 0 Å². The fourth-order valence-electron chi connectivity index (χ4n) is 1.59. The van der Waals surface area contributed by atoms with Crippen LogP contribution in [0.2, 0.25) is 0 Å². The molecule has 0 bridgehead atoms. The number of aryl methyl sites for hydroxylation is 1. The third-order valence-electron chi connectivity index (χ3n) is 2.69. The van der Waals surface area contributed by atoms with Gasteiger partial charge < -0.3 is 10.6 Å². The summed E-state index contributed by atoms with van der Waals surface area (Å²) >= 11 is 1.47. The summed E-state index contributed by atoms with van der Waals surface area (Å²) in [6.45, 7) is 2.29. The molecule has 0 aromatic carbocycles. The summed E-state index contributed by atoms with van der Waals surface area (Å²) < 4.78 is 13.1. The minimum absolute atomic E-state index is 0.0271. The number of hydrogen-bond acceptors (Lipinski definition) is 5. The molecule has 0 saturated heterocycles. The van der Waals surface area contributed by atoms with E-state index in [9.17, 15) is 9.18 Å². The number of rotatable bonds is 3. The van der Waals surface area contributed by atoms with Crippen molar-refractivity contribution in [2.75, 3.05) is 12.8 Å². The highest BCUT2D eigenvalue weighted by molar-refractivity contribution is 7.09. The van der Waals surface area contributed by atoms with Crippen molar-refractivity contribution in [3.63, 3.8) is 0 Å². The fourth-order valence-corrected chi connectivity index (χ4v) is 2.42. The Bertz CT molecular complexity index is 614. The molecule has 2 aromatic rings. The van der Waals surface area contributed by atoms with Crippen LogP contribution in [0.25, 0.3) is 0 Å². The van der Waals surface area contributed by atoms with Crippen LogP contribution < -0.4 is 5.73 Å². The lowest BCUT2D eigenvalue weighted by Crippen LogP contribution is -2.27. The minimum Gasteiger partial charge on any atom is -0.383 e. The molecule has 0 radical (unpaired) electrons. The largest absolute Gasteiger partial charge is 0.383 e. The number of carbonyl (C=O) groups excluding carboxylic acids is 1. The number of carbonyl (C=O) groups is 1. The summed E-state index contributed by atoms with van der Waals surface area (Å²) in [5.74, 6) is -0.920. The number of pyridine rings is 1. The van der Waals surface area contributed by atoms with E-state index < -0.39 is 5.82 Å². The third-order valence-corrected chi connectivity index (χ3v) is 3.61. The van der Waals surface area contributed by atoms with E-state index in [-0.39, 0.29) is 17.3 Å². The zero-order valence-electron chi connectivity index (χ0n) is 10.6. The molecule has 0 unspecified atom stereocenters. The van der Waals surface area contributed by atoms with Crippen LogP contribution in [0.4, 0.5) is 10.2 Å². The van der Waals surface area contributed by atoms with Crippen LogP contribution in [0, 0.1) is 12.7 Å². The standard InChI is InChI=1S/C12H13FN4OS/c1-7-10(19-6-16-7)5-17(2)12(18)9-3-8(13)4-15-11(9)14/h3-4,6H,5H2,1-2H3,(H2,14,15). The summed E-state index contributed by atoms with van der Waals surface area (Å²) in [7, 11) is 1.63. The molecule has 7 heteroatoms. The lowest BCUT2D eigenvalue weighted by Gasteiger charge is -2.17. The zero-order valence-corrected chi connectivity index (χ0v) is 11.4. The van der Waals surface area contributed by atoms with Gasteiger partial charge in [0.2, 0.25) is 0 Å². The van der Waals surface area contributed by atoms with Crippen LogP contribution in [-0.2, 0) is 6.54 Å². The number of anilines is 1. The first-order valence-electron chi connectivity index (χ1n) is 5.54. The molecule has 2 heterocycles. The van der Waals surface area contributed by atoms with Crippen LogP contribution in [0.3, 0.4) is 0 Å². The van der Waals surface area contributed by atoms with Crippen LogP contribution in [0.15, 0.2) is 17.8 Å². The highest BCUT2D eigenvalue weighted by Gasteiger charge is 2.18. The van der Waals surface area contributed by atoms with Crippen molar-refractivity contribution in [3.8, 4) is 0 Å². The Morgan fingerprint density at radius 2 is 2.26 bits per heavy atom. The number of thiazole rings is 1. The van der Waals surface area contributed by atoms with Crippen molar-refractivity contribution in [1.82, 2.24) is 14.9 Å². The molecule has 2 N–H and O–H groups in total. The van der Waals surface area contributed by atoms with Crippen molar-refractivity contribution < 1.29 is 9.18 Å². The van der Waals surface area contributed by atoms with Gasteiger partial charge in [-0.2, -0.15) is 0 Å². The van der Waals surface area contributed by atoms with E-state index in [1.807, 2.05) is 6.92 Å².